The number of benzene rings is 1. The third-order valence-electron chi connectivity index (χ3n) is 5.26. The monoisotopic (exact) mass is 417 g/mol. The van der Waals surface area contributed by atoms with Gasteiger partial charge in [-0.1, -0.05) is 52.0 Å². The van der Waals surface area contributed by atoms with Crippen LogP contribution < -0.4 is 10.6 Å². The first-order valence-corrected chi connectivity index (χ1v) is 10.1. The van der Waals surface area contributed by atoms with Crippen molar-refractivity contribution in [2.45, 2.75) is 58.5 Å². The van der Waals surface area contributed by atoms with Crippen LogP contribution in [0.15, 0.2) is 24.3 Å². The van der Waals surface area contributed by atoms with Crippen LogP contribution in [0.1, 0.15) is 58.1 Å². The number of hydrogen-bond acceptors (Lipinski definition) is 5. The van der Waals surface area contributed by atoms with E-state index in [0.717, 1.165) is 10.5 Å². The van der Waals surface area contributed by atoms with E-state index in [1.807, 2.05) is 38.1 Å². The lowest BCUT2D eigenvalue weighted by atomic mass is 9.90. The maximum atomic E-state index is 13.0. The highest BCUT2D eigenvalue weighted by atomic mass is 16.5. The largest absolute Gasteiger partial charge is 0.467 e. The van der Waals surface area contributed by atoms with Crippen molar-refractivity contribution < 1.29 is 23.9 Å². The maximum absolute atomic E-state index is 13.0. The molecule has 1 saturated heterocycles. The molecule has 0 aromatic heterocycles. The van der Waals surface area contributed by atoms with Gasteiger partial charge in [0.1, 0.15) is 18.1 Å². The Morgan fingerprint density at radius 1 is 1.13 bits per heavy atom. The Morgan fingerprint density at radius 2 is 1.73 bits per heavy atom. The highest BCUT2D eigenvalue weighted by Gasteiger charge is 2.49. The Bertz CT molecular complexity index is 819. The molecule has 1 aliphatic rings. The van der Waals surface area contributed by atoms with E-state index in [9.17, 15) is 19.2 Å². The van der Waals surface area contributed by atoms with Gasteiger partial charge in [-0.15, -0.1) is 0 Å². The Labute approximate surface area is 177 Å². The van der Waals surface area contributed by atoms with Gasteiger partial charge in [0.15, 0.2) is 0 Å². The van der Waals surface area contributed by atoms with Crippen molar-refractivity contribution in [1.29, 1.82) is 0 Å². The van der Waals surface area contributed by atoms with Gasteiger partial charge in [0.25, 0.3) is 5.91 Å². The second-order valence-corrected chi connectivity index (χ2v) is 8.50. The number of esters is 1. The van der Waals surface area contributed by atoms with Crippen molar-refractivity contribution >= 4 is 23.8 Å². The van der Waals surface area contributed by atoms with E-state index in [4.69, 9.17) is 4.74 Å². The third-order valence-corrected chi connectivity index (χ3v) is 5.26. The van der Waals surface area contributed by atoms with Gasteiger partial charge in [-0.2, -0.15) is 0 Å². The van der Waals surface area contributed by atoms with Crippen LogP contribution in [0.3, 0.4) is 0 Å². The van der Waals surface area contributed by atoms with Crippen molar-refractivity contribution in [3.8, 4) is 0 Å². The van der Waals surface area contributed by atoms with Crippen LogP contribution in [-0.2, 0) is 24.7 Å². The zero-order chi connectivity index (χ0) is 22.6. The first-order chi connectivity index (χ1) is 14.0. The maximum Gasteiger partial charge on any atom is 0.328 e. The Balaban J connectivity index is 2.13. The van der Waals surface area contributed by atoms with Crippen LogP contribution in [-0.4, -0.2) is 48.4 Å². The number of amides is 4. The summed E-state index contributed by atoms with van der Waals surface area (Å²) >= 11 is 0. The van der Waals surface area contributed by atoms with Crippen LogP contribution in [0.25, 0.3) is 0 Å². The third kappa shape index (κ3) is 4.98. The molecule has 8 nitrogen and oxygen atoms in total. The summed E-state index contributed by atoms with van der Waals surface area (Å²) in [7, 11) is 1.25. The number of imide groups is 1. The molecular formula is C22H31N3O5. The molecule has 1 heterocycles. The standard InChI is InChI=1S/C22H31N3O5/c1-13(2)11-17(19(27)30-6)23-18(26)12-25-20(28)22(5,24-21(25)29)16-9-7-15(8-10-16)14(3)4/h7-10,13-14,17H,11-12H2,1-6H3,(H,23,26)(H,24,29)/t17-,22-/m0/s1. The van der Waals surface area contributed by atoms with Gasteiger partial charge in [-0.3, -0.25) is 14.5 Å². The molecule has 0 unspecified atom stereocenters. The minimum absolute atomic E-state index is 0.142. The van der Waals surface area contributed by atoms with Gasteiger partial charge in [-0.05, 0) is 36.3 Å². The molecule has 1 aliphatic heterocycles. The topological polar surface area (TPSA) is 105 Å². The number of ether oxygens (including phenoxy) is 1. The van der Waals surface area contributed by atoms with Crippen molar-refractivity contribution in [1.82, 2.24) is 15.5 Å². The Kier molecular flexibility index (Phi) is 7.23. The second kappa shape index (κ2) is 9.28. The molecule has 30 heavy (non-hydrogen) atoms. The molecule has 4 amide bonds. The molecule has 2 N–H and O–H groups in total. The summed E-state index contributed by atoms with van der Waals surface area (Å²) in [6.45, 7) is 9.10. The zero-order valence-electron chi connectivity index (χ0n) is 18.4. The molecule has 0 saturated carbocycles. The molecule has 1 aromatic rings. The molecule has 0 spiro atoms. The average Bonchev–Trinajstić information content (AvgIpc) is 2.90. The highest BCUT2D eigenvalue weighted by Crippen LogP contribution is 2.29. The molecule has 2 rings (SSSR count). The fourth-order valence-corrected chi connectivity index (χ4v) is 3.45. The number of hydrogen-bond donors (Lipinski definition) is 2. The number of nitrogens with one attached hydrogen (secondary N) is 2. The molecule has 0 bridgehead atoms. The summed E-state index contributed by atoms with van der Waals surface area (Å²) in [6.07, 6.45) is 0.387. The number of methoxy groups -OCH3 is 1. The molecular weight excluding hydrogens is 386 g/mol. The minimum Gasteiger partial charge on any atom is -0.467 e. The molecule has 8 heteroatoms. The summed E-state index contributed by atoms with van der Waals surface area (Å²) in [5.74, 6) is -1.20. The van der Waals surface area contributed by atoms with E-state index in [1.165, 1.54) is 7.11 Å². The highest BCUT2D eigenvalue weighted by molar-refractivity contribution is 6.09. The minimum atomic E-state index is -1.26. The Morgan fingerprint density at radius 3 is 2.23 bits per heavy atom. The van der Waals surface area contributed by atoms with Gasteiger partial charge in [0, 0.05) is 0 Å². The van der Waals surface area contributed by atoms with Gasteiger partial charge < -0.3 is 15.4 Å². The van der Waals surface area contributed by atoms with Crippen LogP contribution >= 0.6 is 0 Å². The van der Waals surface area contributed by atoms with Crippen LogP contribution in [0.2, 0.25) is 0 Å². The fraction of sp³-hybridized carbons (Fsp3) is 0.545. The number of urea groups is 1. The predicted molar refractivity (Wildman–Crippen MR) is 112 cm³/mol. The van der Waals surface area contributed by atoms with E-state index in [0.29, 0.717) is 17.9 Å². The fourth-order valence-electron chi connectivity index (χ4n) is 3.45. The van der Waals surface area contributed by atoms with Gasteiger partial charge >= 0.3 is 12.0 Å². The van der Waals surface area contributed by atoms with Gasteiger partial charge in [0.2, 0.25) is 5.91 Å². The number of carbonyl (C=O) groups is 4. The summed E-state index contributed by atoms with van der Waals surface area (Å²) in [4.78, 5) is 50.7. The van der Waals surface area contributed by atoms with E-state index in [2.05, 4.69) is 24.5 Å². The first-order valence-electron chi connectivity index (χ1n) is 10.1. The van der Waals surface area contributed by atoms with Crippen molar-refractivity contribution in [3.05, 3.63) is 35.4 Å². The zero-order valence-corrected chi connectivity index (χ0v) is 18.4. The van der Waals surface area contributed by atoms with Crippen LogP contribution in [0, 0.1) is 5.92 Å². The lowest BCUT2D eigenvalue weighted by Crippen LogP contribution is -2.48. The molecule has 2 atom stereocenters. The first kappa shape index (κ1) is 23.4. The van der Waals surface area contributed by atoms with Crippen LogP contribution in [0.4, 0.5) is 4.79 Å². The summed E-state index contributed by atoms with van der Waals surface area (Å²) in [5.41, 5.74) is 0.502. The number of carbonyl (C=O) groups excluding carboxylic acids is 4. The smallest absolute Gasteiger partial charge is 0.328 e. The quantitative estimate of drug-likeness (QED) is 0.499. The molecule has 0 aliphatic carbocycles. The summed E-state index contributed by atoms with van der Waals surface area (Å²) in [5, 5.41) is 5.25. The van der Waals surface area contributed by atoms with Gasteiger partial charge in [0.05, 0.1) is 7.11 Å². The summed E-state index contributed by atoms with van der Waals surface area (Å²) < 4.78 is 4.73. The predicted octanol–water partition coefficient (Wildman–Crippen LogP) is 2.28. The van der Waals surface area contributed by atoms with Crippen molar-refractivity contribution in [2.24, 2.45) is 5.92 Å². The van der Waals surface area contributed by atoms with E-state index >= 15 is 0 Å². The normalized spacial score (nSPS) is 19.8. The van der Waals surface area contributed by atoms with Crippen molar-refractivity contribution in [3.63, 3.8) is 0 Å². The Hall–Kier alpha value is -2.90. The van der Waals surface area contributed by atoms with E-state index < -0.39 is 41.9 Å². The lowest BCUT2D eigenvalue weighted by molar-refractivity contribution is -0.145. The number of nitrogens with zero attached hydrogens (tertiary/aromatic N) is 1. The molecule has 0 radical (unpaired) electrons. The second-order valence-electron chi connectivity index (χ2n) is 8.50. The number of rotatable bonds is 8. The lowest BCUT2D eigenvalue weighted by Gasteiger charge is -2.23. The molecule has 164 valence electrons. The summed E-state index contributed by atoms with van der Waals surface area (Å²) in [6, 6.07) is 5.99. The van der Waals surface area contributed by atoms with E-state index in [1.54, 1.807) is 6.92 Å². The van der Waals surface area contributed by atoms with Crippen molar-refractivity contribution in [2.75, 3.05) is 13.7 Å². The van der Waals surface area contributed by atoms with Crippen LogP contribution in [0.5, 0.6) is 0 Å². The van der Waals surface area contributed by atoms with Gasteiger partial charge in [-0.25, -0.2) is 9.59 Å². The average molecular weight is 418 g/mol. The van der Waals surface area contributed by atoms with E-state index in [-0.39, 0.29) is 5.92 Å². The molecule has 1 fully saturated rings. The SMILES string of the molecule is COC(=O)[C@H](CC(C)C)NC(=O)CN1C(=O)N[C@@](C)(c2ccc(C(C)C)cc2)C1=O. The molecule has 1 aromatic carbocycles.